The van der Waals surface area contributed by atoms with Gasteiger partial charge in [0.15, 0.2) is 5.78 Å². The molecular weight excluding hydrogens is 566 g/mol. The summed E-state index contributed by atoms with van der Waals surface area (Å²) in [5.74, 6) is 0.0769. The Bertz CT molecular complexity index is 1760. The first-order valence-corrected chi connectivity index (χ1v) is 14.9. The number of aryl methyl sites for hydroxylation is 1. The number of rotatable bonds is 6. The van der Waals surface area contributed by atoms with Gasteiger partial charge in [-0.3, -0.25) is 14.4 Å². The number of likely N-dealkylation sites (tertiary alicyclic amines) is 1. The Labute approximate surface area is 252 Å². The number of nitrogens with two attached hydrogens (primary N) is 3. The summed E-state index contributed by atoms with van der Waals surface area (Å²) < 4.78 is 6.62. The van der Waals surface area contributed by atoms with E-state index in [0.717, 1.165) is 5.56 Å². The predicted octanol–water partition coefficient (Wildman–Crippen LogP) is 3.08. The highest BCUT2D eigenvalue weighted by atomic mass is 32.1. The average molecular weight is 600 g/mol. The Morgan fingerprint density at radius 1 is 1.12 bits per heavy atom. The van der Waals surface area contributed by atoms with Gasteiger partial charge < -0.3 is 37.3 Å². The number of hydrogen-bond acceptors (Lipinski definition) is 9. The second-order valence-corrected chi connectivity index (χ2v) is 12.1. The summed E-state index contributed by atoms with van der Waals surface area (Å²) in [7, 11) is 0. The third-order valence-electron chi connectivity index (χ3n) is 8.37. The monoisotopic (exact) mass is 599 g/mol. The molecule has 1 fully saturated rings. The number of hydrogen-bond donors (Lipinski definition) is 5. The number of aliphatic hydroxyl groups is 1. The topological polar surface area (TPSA) is 174 Å². The molecule has 0 saturated carbocycles. The molecule has 222 valence electrons. The van der Waals surface area contributed by atoms with Crippen molar-refractivity contribution >= 4 is 44.7 Å². The molecule has 43 heavy (non-hydrogen) atoms. The summed E-state index contributed by atoms with van der Waals surface area (Å²) in [6, 6.07) is 16.7. The van der Waals surface area contributed by atoms with Gasteiger partial charge in [0.05, 0.1) is 15.6 Å². The summed E-state index contributed by atoms with van der Waals surface area (Å²) in [4.78, 5) is 41.7. The lowest BCUT2D eigenvalue weighted by atomic mass is 9.69. The standard InChI is InChI=1S/C32H33N5O5S/c1-17-14-20(42-19-7-3-2-4-8-19)9-10-21(17)32(35)22-11-12-23(33)28-25(22)26(27(34)30(32)40)29(43-28)31(41)36-18-6-5-13-37(15-18)24(39)16-38/h2-4,7-12,14,18,27,38H,5-6,13,15-16,33-35H2,1H3,(H,36,41). The Morgan fingerprint density at radius 3 is 2.58 bits per heavy atom. The first kappa shape index (κ1) is 28.8. The van der Waals surface area contributed by atoms with Crippen LogP contribution in [0, 0.1) is 6.92 Å². The highest BCUT2D eigenvalue weighted by molar-refractivity contribution is 7.21. The molecule has 3 aromatic carbocycles. The molecule has 2 aliphatic rings. The molecule has 2 heterocycles. The molecule has 3 atom stereocenters. The predicted molar refractivity (Wildman–Crippen MR) is 165 cm³/mol. The molecule has 1 aliphatic heterocycles. The Morgan fingerprint density at radius 2 is 1.86 bits per heavy atom. The van der Waals surface area contributed by atoms with E-state index in [4.69, 9.17) is 21.9 Å². The number of benzene rings is 3. The molecule has 1 aliphatic carbocycles. The number of anilines is 1. The van der Waals surface area contributed by atoms with Gasteiger partial charge in [-0.1, -0.05) is 30.3 Å². The zero-order valence-corrected chi connectivity index (χ0v) is 24.4. The van der Waals surface area contributed by atoms with Crippen LogP contribution in [-0.2, 0) is 15.1 Å². The van der Waals surface area contributed by atoms with Crippen LogP contribution in [0.4, 0.5) is 5.69 Å². The van der Waals surface area contributed by atoms with Gasteiger partial charge in [-0.2, -0.15) is 0 Å². The first-order chi connectivity index (χ1) is 20.6. The lowest BCUT2D eigenvalue weighted by Crippen LogP contribution is -2.53. The fourth-order valence-corrected chi connectivity index (χ4v) is 7.47. The Kier molecular flexibility index (Phi) is 7.43. The number of nitrogens with zero attached hydrogens (tertiary/aromatic N) is 1. The van der Waals surface area contributed by atoms with Crippen molar-refractivity contribution in [1.82, 2.24) is 10.2 Å². The minimum Gasteiger partial charge on any atom is -0.457 e. The number of thiophene rings is 1. The van der Waals surface area contributed by atoms with Crippen LogP contribution in [0.3, 0.4) is 0 Å². The minimum absolute atomic E-state index is 0.291. The lowest BCUT2D eigenvalue weighted by molar-refractivity contribution is -0.135. The summed E-state index contributed by atoms with van der Waals surface area (Å²) in [6.45, 7) is 2.10. The van der Waals surface area contributed by atoms with Gasteiger partial charge in [-0.05, 0) is 66.8 Å². The van der Waals surface area contributed by atoms with Crippen molar-refractivity contribution in [2.75, 3.05) is 25.4 Å². The average Bonchev–Trinajstić information content (AvgIpc) is 3.42. The van der Waals surface area contributed by atoms with Gasteiger partial charge in [-0.25, -0.2) is 0 Å². The summed E-state index contributed by atoms with van der Waals surface area (Å²) in [5.41, 5.74) is 21.2. The van der Waals surface area contributed by atoms with Crippen molar-refractivity contribution < 1.29 is 24.2 Å². The molecule has 10 nitrogen and oxygen atoms in total. The van der Waals surface area contributed by atoms with Crippen molar-refractivity contribution in [1.29, 1.82) is 0 Å². The van der Waals surface area contributed by atoms with Crippen LogP contribution >= 0.6 is 11.3 Å². The molecule has 11 heteroatoms. The quantitative estimate of drug-likeness (QED) is 0.210. The lowest BCUT2D eigenvalue weighted by Gasteiger charge is -2.37. The van der Waals surface area contributed by atoms with E-state index in [1.165, 1.54) is 16.2 Å². The number of nitrogens with one attached hydrogen (secondary N) is 1. The number of Topliss-reactive ketones (excluding diaryl/α,β-unsaturated/α-hetero) is 1. The van der Waals surface area contributed by atoms with Gasteiger partial charge in [-0.15, -0.1) is 11.3 Å². The third-order valence-corrected chi connectivity index (χ3v) is 9.62. The van der Waals surface area contributed by atoms with Gasteiger partial charge in [0.25, 0.3) is 5.91 Å². The summed E-state index contributed by atoms with van der Waals surface area (Å²) in [5, 5.41) is 12.9. The van der Waals surface area contributed by atoms with Crippen LogP contribution in [0.2, 0.25) is 0 Å². The normalized spacial score (nSPS) is 21.6. The van der Waals surface area contributed by atoms with Crippen LogP contribution in [0.1, 0.15) is 50.8 Å². The van der Waals surface area contributed by atoms with Crippen molar-refractivity contribution in [3.8, 4) is 11.5 Å². The zero-order chi connectivity index (χ0) is 30.5. The molecule has 8 N–H and O–H groups in total. The number of piperidine rings is 1. The molecule has 0 bridgehead atoms. The van der Waals surface area contributed by atoms with E-state index < -0.39 is 29.9 Å². The number of ketones is 1. The molecule has 1 saturated heterocycles. The number of amides is 2. The van der Waals surface area contributed by atoms with E-state index in [-0.39, 0.29) is 11.9 Å². The Balaban J connectivity index is 1.39. The van der Waals surface area contributed by atoms with E-state index >= 15 is 0 Å². The van der Waals surface area contributed by atoms with E-state index in [2.05, 4.69) is 5.32 Å². The Hall–Kier alpha value is -4.29. The number of ether oxygens (including phenoxy) is 1. The highest BCUT2D eigenvalue weighted by Crippen LogP contribution is 2.50. The summed E-state index contributed by atoms with van der Waals surface area (Å²) in [6.07, 6.45) is 1.37. The first-order valence-electron chi connectivity index (χ1n) is 14.1. The van der Waals surface area contributed by atoms with Crippen molar-refractivity contribution in [2.24, 2.45) is 11.5 Å². The van der Waals surface area contributed by atoms with Gasteiger partial charge in [0, 0.05) is 35.8 Å². The van der Waals surface area contributed by atoms with Crippen LogP contribution in [0.15, 0.2) is 60.7 Å². The van der Waals surface area contributed by atoms with Gasteiger partial charge in [0.2, 0.25) is 5.91 Å². The molecule has 0 radical (unpaired) electrons. The molecule has 0 spiro atoms. The van der Waals surface area contributed by atoms with Crippen molar-refractivity contribution in [3.63, 3.8) is 0 Å². The third kappa shape index (κ3) is 4.84. The van der Waals surface area contributed by atoms with E-state index in [1.54, 1.807) is 24.3 Å². The van der Waals surface area contributed by atoms with Gasteiger partial charge in [0.1, 0.15) is 23.6 Å². The molecular formula is C32H33N5O5S. The van der Waals surface area contributed by atoms with Crippen LogP contribution < -0.4 is 27.3 Å². The maximum Gasteiger partial charge on any atom is 0.262 e. The number of carbonyl (C=O) groups excluding carboxylic acids is 3. The van der Waals surface area contributed by atoms with E-state index in [9.17, 15) is 19.5 Å². The number of para-hydroxylation sites is 1. The number of aliphatic hydroxyl groups excluding tert-OH is 1. The maximum atomic E-state index is 14.2. The molecule has 3 unspecified atom stereocenters. The van der Waals surface area contributed by atoms with Crippen molar-refractivity contribution in [3.05, 3.63) is 87.8 Å². The van der Waals surface area contributed by atoms with Gasteiger partial charge >= 0.3 is 0 Å². The van der Waals surface area contributed by atoms with Crippen LogP contribution in [0.25, 0.3) is 10.1 Å². The van der Waals surface area contributed by atoms with E-state index in [0.29, 0.717) is 74.8 Å². The zero-order valence-electron chi connectivity index (χ0n) is 23.6. The highest BCUT2D eigenvalue weighted by Gasteiger charge is 2.49. The summed E-state index contributed by atoms with van der Waals surface area (Å²) >= 11 is 1.18. The van der Waals surface area contributed by atoms with Crippen LogP contribution in [-0.4, -0.2) is 53.3 Å². The van der Waals surface area contributed by atoms with E-state index in [1.807, 2.05) is 43.3 Å². The minimum atomic E-state index is -1.59. The molecule has 1 aromatic heterocycles. The number of carbonyl (C=O) groups is 3. The second-order valence-electron chi connectivity index (χ2n) is 11.1. The second kappa shape index (κ2) is 11.1. The molecule has 4 aromatic rings. The smallest absolute Gasteiger partial charge is 0.262 e. The fourth-order valence-electron chi connectivity index (χ4n) is 6.27. The number of nitrogen functional groups attached to an aromatic ring is 1. The van der Waals surface area contributed by atoms with Crippen molar-refractivity contribution in [2.45, 2.75) is 37.4 Å². The fraction of sp³-hybridized carbons (Fsp3) is 0.281. The maximum absolute atomic E-state index is 14.2. The largest absolute Gasteiger partial charge is 0.457 e. The van der Waals surface area contributed by atoms with Crippen LogP contribution in [0.5, 0.6) is 11.5 Å². The molecule has 6 rings (SSSR count). The SMILES string of the molecule is Cc1cc(Oc2ccccc2)ccc1C1(N)C(=O)C(N)c2c(C(=O)NC3CCCN(C(=O)CO)C3)sc3c(N)ccc1c23. The molecule has 2 amide bonds.